The van der Waals surface area contributed by atoms with Crippen LogP contribution in [0.2, 0.25) is 0 Å². The largest absolute Gasteiger partial charge is 0.392 e. The molecule has 0 saturated heterocycles. The van der Waals surface area contributed by atoms with E-state index in [0.29, 0.717) is 6.54 Å². The van der Waals surface area contributed by atoms with Crippen molar-refractivity contribution in [3.8, 4) is 0 Å². The van der Waals surface area contributed by atoms with E-state index in [0.717, 1.165) is 6.67 Å². The van der Waals surface area contributed by atoms with Gasteiger partial charge >= 0.3 is 0 Å². The fourth-order valence-electron chi connectivity index (χ4n) is 0.406. The quantitative estimate of drug-likeness (QED) is 0.332. The van der Waals surface area contributed by atoms with Crippen LogP contribution in [0.4, 0.5) is 0 Å². The summed E-state index contributed by atoms with van der Waals surface area (Å²) < 4.78 is 0. The zero-order valence-corrected chi connectivity index (χ0v) is 5.44. The third kappa shape index (κ3) is 5.88. The van der Waals surface area contributed by atoms with Crippen LogP contribution in [0.5, 0.6) is 0 Å². The second kappa shape index (κ2) is 5.03. The lowest BCUT2D eigenvalue weighted by Crippen LogP contribution is -2.31. The van der Waals surface area contributed by atoms with Crippen molar-refractivity contribution in [3.63, 3.8) is 0 Å². The Morgan fingerprint density at radius 3 is 2.62 bits per heavy atom. The van der Waals surface area contributed by atoms with Crippen molar-refractivity contribution in [2.45, 2.75) is 13.0 Å². The molecule has 0 aromatic carbocycles. The molecule has 0 saturated carbocycles. The van der Waals surface area contributed by atoms with Crippen molar-refractivity contribution in [1.82, 2.24) is 10.6 Å². The highest BCUT2D eigenvalue weighted by molar-refractivity contribution is 4.48. The fraction of sp³-hybridized carbons (Fsp3) is 1.00. The number of hydrogen-bond donors (Lipinski definition) is 3. The van der Waals surface area contributed by atoms with Crippen LogP contribution in [-0.4, -0.2) is 31.5 Å². The summed E-state index contributed by atoms with van der Waals surface area (Å²) in [6, 6.07) is 0. The van der Waals surface area contributed by atoms with E-state index < -0.39 is 0 Å². The van der Waals surface area contributed by atoms with Gasteiger partial charge in [0.1, 0.15) is 0 Å². The topological polar surface area (TPSA) is 44.3 Å². The molecule has 0 bridgehead atoms. The van der Waals surface area contributed by atoms with Crippen molar-refractivity contribution in [1.29, 1.82) is 0 Å². The number of aliphatic hydroxyl groups is 1. The van der Waals surface area contributed by atoms with E-state index in [1.165, 1.54) is 0 Å². The lowest BCUT2D eigenvalue weighted by molar-refractivity contribution is 0.191. The first kappa shape index (κ1) is 7.88. The molecule has 3 N–H and O–H groups in total. The first-order chi connectivity index (χ1) is 3.77. The Balaban J connectivity index is 2.72. The normalized spacial score (nSPS) is 13.9. The summed E-state index contributed by atoms with van der Waals surface area (Å²) in [7, 11) is 1.86. The van der Waals surface area contributed by atoms with E-state index in [2.05, 4.69) is 10.6 Å². The Hall–Kier alpha value is -0.120. The second-order valence-corrected chi connectivity index (χ2v) is 1.83. The lowest BCUT2D eigenvalue weighted by atomic mass is 10.4. The molecule has 0 amide bonds. The zero-order valence-electron chi connectivity index (χ0n) is 5.44. The van der Waals surface area contributed by atoms with Crippen molar-refractivity contribution in [2.75, 3.05) is 20.3 Å². The van der Waals surface area contributed by atoms with E-state index in [9.17, 15) is 0 Å². The fourth-order valence-corrected chi connectivity index (χ4v) is 0.406. The van der Waals surface area contributed by atoms with Gasteiger partial charge in [-0.15, -0.1) is 0 Å². The standard InChI is InChI=1S/C5H14N2O/c1-5(8)3-7-4-6-2/h5-8H,3-4H2,1-2H3. The summed E-state index contributed by atoms with van der Waals surface area (Å²) in [5, 5.41) is 14.6. The van der Waals surface area contributed by atoms with Crippen LogP contribution >= 0.6 is 0 Å². The summed E-state index contributed by atoms with van der Waals surface area (Å²) in [4.78, 5) is 0. The lowest BCUT2D eigenvalue weighted by Gasteiger charge is -2.04. The minimum atomic E-state index is -0.247. The molecule has 0 rings (SSSR count). The molecule has 0 heterocycles. The number of aliphatic hydroxyl groups excluding tert-OH is 1. The van der Waals surface area contributed by atoms with Gasteiger partial charge in [-0.3, -0.25) is 0 Å². The van der Waals surface area contributed by atoms with Crippen LogP contribution in [-0.2, 0) is 0 Å². The summed E-state index contributed by atoms with van der Waals surface area (Å²) in [5.41, 5.74) is 0. The third-order valence-electron chi connectivity index (χ3n) is 0.742. The summed E-state index contributed by atoms with van der Waals surface area (Å²) in [5.74, 6) is 0. The molecule has 0 fully saturated rings. The highest BCUT2D eigenvalue weighted by Crippen LogP contribution is 1.70. The molecule has 3 nitrogen and oxygen atoms in total. The van der Waals surface area contributed by atoms with Crippen molar-refractivity contribution in [2.24, 2.45) is 0 Å². The number of nitrogens with one attached hydrogen (secondary N) is 2. The van der Waals surface area contributed by atoms with E-state index in [1.54, 1.807) is 6.92 Å². The van der Waals surface area contributed by atoms with Gasteiger partial charge in [0.05, 0.1) is 6.10 Å². The van der Waals surface area contributed by atoms with E-state index >= 15 is 0 Å². The third-order valence-corrected chi connectivity index (χ3v) is 0.742. The predicted octanol–water partition coefficient (Wildman–Crippen LogP) is -0.866. The Labute approximate surface area is 50.1 Å². The molecule has 8 heavy (non-hydrogen) atoms. The molecule has 0 aliphatic rings. The molecule has 3 heteroatoms. The van der Waals surface area contributed by atoms with Gasteiger partial charge in [-0.25, -0.2) is 0 Å². The second-order valence-electron chi connectivity index (χ2n) is 1.83. The first-order valence-electron chi connectivity index (χ1n) is 2.80. The van der Waals surface area contributed by atoms with Crippen LogP contribution in [0.15, 0.2) is 0 Å². The van der Waals surface area contributed by atoms with Crippen molar-refractivity contribution in [3.05, 3.63) is 0 Å². The van der Waals surface area contributed by atoms with Gasteiger partial charge in [0.15, 0.2) is 0 Å². The molecule has 0 aromatic heterocycles. The van der Waals surface area contributed by atoms with Crippen LogP contribution < -0.4 is 10.6 Å². The monoisotopic (exact) mass is 118 g/mol. The molecular weight excluding hydrogens is 104 g/mol. The minimum absolute atomic E-state index is 0.247. The predicted molar refractivity (Wildman–Crippen MR) is 33.6 cm³/mol. The Morgan fingerprint density at radius 2 is 2.25 bits per heavy atom. The molecule has 50 valence electrons. The molecular formula is C5H14N2O. The summed E-state index contributed by atoms with van der Waals surface area (Å²) >= 11 is 0. The van der Waals surface area contributed by atoms with Gasteiger partial charge in [-0.1, -0.05) is 0 Å². The van der Waals surface area contributed by atoms with Crippen molar-refractivity contribution >= 4 is 0 Å². The minimum Gasteiger partial charge on any atom is -0.392 e. The van der Waals surface area contributed by atoms with Crippen LogP contribution in [0.25, 0.3) is 0 Å². The maximum atomic E-state index is 8.69. The van der Waals surface area contributed by atoms with E-state index in [1.807, 2.05) is 7.05 Å². The molecule has 0 aliphatic heterocycles. The Morgan fingerprint density at radius 1 is 1.62 bits per heavy atom. The van der Waals surface area contributed by atoms with Gasteiger partial charge in [-0.05, 0) is 14.0 Å². The maximum Gasteiger partial charge on any atom is 0.0636 e. The average molecular weight is 118 g/mol. The molecule has 0 aromatic rings. The maximum absolute atomic E-state index is 8.69. The molecule has 0 spiro atoms. The molecule has 1 atom stereocenters. The molecule has 0 radical (unpaired) electrons. The number of rotatable bonds is 4. The first-order valence-corrected chi connectivity index (χ1v) is 2.80. The molecule has 1 unspecified atom stereocenters. The zero-order chi connectivity index (χ0) is 6.41. The Kier molecular flexibility index (Phi) is 4.95. The summed E-state index contributed by atoms with van der Waals surface area (Å²) in [6.07, 6.45) is -0.247. The van der Waals surface area contributed by atoms with Gasteiger partial charge in [-0.2, -0.15) is 0 Å². The highest BCUT2D eigenvalue weighted by Gasteiger charge is 1.89. The highest BCUT2D eigenvalue weighted by atomic mass is 16.3. The van der Waals surface area contributed by atoms with Crippen LogP contribution in [0, 0.1) is 0 Å². The van der Waals surface area contributed by atoms with Gasteiger partial charge < -0.3 is 15.7 Å². The smallest absolute Gasteiger partial charge is 0.0636 e. The SMILES string of the molecule is CNCNCC(C)O. The van der Waals surface area contributed by atoms with Gasteiger partial charge in [0, 0.05) is 13.2 Å². The molecule has 0 aliphatic carbocycles. The van der Waals surface area contributed by atoms with Crippen LogP contribution in [0.1, 0.15) is 6.92 Å². The average Bonchev–Trinajstić information content (AvgIpc) is 1.66. The Bertz CT molecular complexity index is 47.7. The van der Waals surface area contributed by atoms with Crippen LogP contribution in [0.3, 0.4) is 0 Å². The van der Waals surface area contributed by atoms with Gasteiger partial charge in [0.2, 0.25) is 0 Å². The van der Waals surface area contributed by atoms with Crippen molar-refractivity contribution < 1.29 is 5.11 Å². The van der Waals surface area contributed by atoms with E-state index in [4.69, 9.17) is 5.11 Å². The number of hydrogen-bond acceptors (Lipinski definition) is 3. The van der Waals surface area contributed by atoms with Gasteiger partial charge in [0.25, 0.3) is 0 Å². The van der Waals surface area contributed by atoms with E-state index in [-0.39, 0.29) is 6.10 Å². The summed E-state index contributed by atoms with van der Waals surface area (Å²) in [6.45, 7) is 3.16.